The molecule has 0 aliphatic heterocycles. The molecule has 0 bridgehead atoms. The third kappa shape index (κ3) is 9.23. The lowest BCUT2D eigenvalue weighted by Gasteiger charge is -2.18. The van der Waals surface area contributed by atoms with Crippen molar-refractivity contribution in [2.75, 3.05) is 37.0 Å². The molecule has 0 amide bonds. The second kappa shape index (κ2) is 14.3. The van der Waals surface area contributed by atoms with Gasteiger partial charge in [-0.15, -0.1) is 11.6 Å². The van der Waals surface area contributed by atoms with E-state index in [-0.39, 0.29) is 54.9 Å². The monoisotopic (exact) mass is 530 g/mol. The SMILES string of the molecule is CN(SOc1cc(Cl)c(OCC(O)CCl)c(Cl)c1)c1ccc(OCC(O)CN)cc1.S. The molecule has 31 heavy (non-hydrogen) atoms. The van der Waals surface area contributed by atoms with Gasteiger partial charge in [0.05, 0.1) is 15.9 Å². The van der Waals surface area contributed by atoms with Gasteiger partial charge < -0.3 is 29.6 Å². The Balaban J connectivity index is 0.00000480. The zero-order valence-electron chi connectivity index (χ0n) is 16.6. The number of benzene rings is 2. The smallest absolute Gasteiger partial charge is 0.179 e. The summed E-state index contributed by atoms with van der Waals surface area (Å²) in [6.45, 7) is 0.256. The van der Waals surface area contributed by atoms with Gasteiger partial charge in [0.1, 0.15) is 36.9 Å². The number of halogens is 3. The Morgan fingerprint density at radius 1 is 1.00 bits per heavy atom. The van der Waals surface area contributed by atoms with E-state index in [0.717, 1.165) is 17.9 Å². The molecule has 7 nitrogen and oxygen atoms in total. The number of alkyl halides is 1. The van der Waals surface area contributed by atoms with Gasteiger partial charge in [0.25, 0.3) is 0 Å². The van der Waals surface area contributed by atoms with E-state index in [1.807, 2.05) is 19.2 Å². The maximum absolute atomic E-state index is 9.49. The predicted molar refractivity (Wildman–Crippen MR) is 133 cm³/mol. The van der Waals surface area contributed by atoms with Gasteiger partial charge >= 0.3 is 0 Å². The second-order valence-electron chi connectivity index (χ2n) is 6.18. The van der Waals surface area contributed by atoms with Crippen LogP contribution in [-0.2, 0) is 0 Å². The molecule has 4 N–H and O–H groups in total. The lowest BCUT2D eigenvalue weighted by Crippen LogP contribution is -2.26. The first-order valence-electron chi connectivity index (χ1n) is 8.89. The fraction of sp³-hybridized carbons (Fsp3) is 0.368. The Morgan fingerprint density at radius 3 is 2.13 bits per heavy atom. The summed E-state index contributed by atoms with van der Waals surface area (Å²) in [7, 11) is 1.83. The molecule has 0 spiro atoms. The van der Waals surface area contributed by atoms with Crippen LogP contribution in [0.5, 0.6) is 17.2 Å². The van der Waals surface area contributed by atoms with Crippen molar-refractivity contribution in [1.29, 1.82) is 0 Å². The maximum atomic E-state index is 9.49. The highest BCUT2D eigenvalue weighted by Crippen LogP contribution is 2.38. The van der Waals surface area contributed by atoms with Crippen LogP contribution in [0.1, 0.15) is 0 Å². The van der Waals surface area contributed by atoms with Crippen LogP contribution in [0.2, 0.25) is 10.0 Å². The zero-order chi connectivity index (χ0) is 22.1. The number of rotatable bonds is 12. The Morgan fingerprint density at radius 2 is 1.58 bits per heavy atom. The van der Waals surface area contributed by atoms with Crippen LogP contribution in [0.4, 0.5) is 5.69 Å². The second-order valence-corrected chi connectivity index (χ2v) is 8.17. The highest BCUT2D eigenvalue weighted by atomic mass is 35.5. The van der Waals surface area contributed by atoms with Gasteiger partial charge in [-0.05, 0) is 24.3 Å². The summed E-state index contributed by atoms with van der Waals surface area (Å²) in [5.74, 6) is 1.35. The zero-order valence-corrected chi connectivity index (χ0v) is 20.7. The summed E-state index contributed by atoms with van der Waals surface area (Å²) in [6.07, 6.45) is -1.52. The Labute approximate surface area is 208 Å². The van der Waals surface area contributed by atoms with Crippen molar-refractivity contribution >= 4 is 66.2 Å². The van der Waals surface area contributed by atoms with Crippen LogP contribution in [0.25, 0.3) is 0 Å². The van der Waals surface area contributed by atoms with Gasteiger partial charge in [0.2, 0.25) is 0 Å². The third-order valence-corrected chi connectivity index (χ3v) is 5.35. The van der Waals surface area contributed by atoms with Crippen molar-refractivity contribution in [2.45, 2.75) is 12.2 Å². The molecule has 12 heteroatoms. The Kier molecular flexibility index (Phi) is 13.0. The summed E-state index contributed by atoms with van der Waals surface area (Å²) >= 11 is 19.0. The van der Waals surface area contributed by atoms with E-state index in [1.165, 1.54) is 0 Å². The minimum atomic E-state index is -0.818. The van der Waals surface area contributed by atoms with Gasteiger partial charge in [-0.25, -0.2) is 0 Å². The molecule has 0 aliphatic carbocycles. The van der Waals surface area contributed by atoms with Crippen molar-refractivity contribution in [3.05, 3.63) is 46.4 Å². The highest BCUT2D eigenvalue weighted by Gasteiger charge is 2.14. The number of hydrogen-bond donors (Lipinski definition) is 3. The van der Waals surface area contributed by atoms with Crippen molar-refractivity contribution in [3.8, 4) is 17.2 Å². The summed E-state index contributed by atoms with van der Waals surface area (Å²) in [5, 5.41) is 19.4. The summed E-state index contributed by atoms with van der Waals surface area (Å²) in [6, 6.07) is 10.4. The van der Waals surface area contributed by atoms with Crippen molar-refractivity contribution in [3.63, 3.8) is 0 Å². The first kappa shape index (κ1) is 28.1. The first-order chi connectivity index (χ1) is 14.3. The van der Waals surface area contributed by atoms with E-state index in [0.29, 0.717) is 11.5 Å². The van der Waals surface area contributed by atoms with E-state index >= 15 is 0 Å². The fourth-order valence-corrected chi connectivity index (χ4v) is 3.27. The number of hydrogen-bond acceptors (Lipinski definition) is 8. The van der Waals surface area contributed by atoms with Gasteiger partial charge in [0, 0.05) is 31.4 Å². The van der Waals surface area contributed by atoms with Gasteiger partial charge in [0.15, 0.2) is 18.0 Å². The van der Waals surface area contributed by atoms with Crippen molar-refractivity contribution in [2.24, 2.45) is 5.73 Å². The summed E-state index contributed by atoms with van der Waals surface area (Å²) < 4.78 is 18.3. The normalized spacial score (nSPS) is 12.5. The minimum Gasteiger partial charge on any atom is -0.491 e. The Hall–Kier alpha value is -0.910. The molecular weight excluding hydrogens is 507 g/mol. The van der Waals surface area contributed by atoms with E-state index in [4.69, 9.17) is 54.2 Å². The van der Waals surface area contributed by atoms with Crippen LogP contribution in [0.15, 0.2) is 36.4 Å². The first-order valence-corrected chi connectivity index (χ1v) is 10.9. The molecule has 0 aliphatic rings. The van der Waals surface area contributed by atoms with E-state index in [2.05, 4.69) is 0 Å². The molecule has 0 radical (unpaired) electrons. The standard InChI is InChI=1S/C19H23Cl3N2O5S.H2S/c1-24(12-2-4-15(5-3-12)27-11-14(26)9-23)30-29-16-6-17(21)19(18(22)7-16)28-10-13(25)8-20;/h2-7,13-14,25-26H,8-11,23H2,1H3;1H2. The van der Waals surface area contributed by atoms with E-state index in [9.17, 15) is 10.2 Å². The number of nitrogens with zero attached hydrogens (tertiary/aromatic N) is 1. The molecule has 0 aromatic heterocycles. The lowest BCUT2D eigenvalue weighted by molar-refractivity contribution is 0.114. The Bertz CT molecular complexity index is 782. The fourth-order valence-electron chi connectivity index (χ4n) is 2.10. The molecule has 0 saturated heterocycles. The number of ether oxygens (including phenoxy) is 2. The van der Waals surface area contributed by atoms with Crippen molar-refractivity contribution in [1.82, 2.24) is 0 Å². The van der Waals surface area contributed by atoms with Crippen molar-refractivity contribution < 1.29 is 23.9 Å². The number of nitrogens with two attached hydrogens (primary N) is 1. The predicted octanol–water partition coefficient (Wildman–Crippen LogP) is 3.86. The van der Waals surface area contributed by atoms with Crippen LogP contribution in [0.3, 0.4) is 0 Å². The molecule has 2 atom stereocenters. The van der Waals surface area contributed by atoms with Crippen LogP contribution < -0.4 is 23.7 Å². The number of anilines is 1. The van der Waals surface area contributed by atoms with E-state index < -0.39 is 12.2 Å². The topological polar surface area (TPSA) is 97.4 Å². The van der Waals surface area contributed by atoms with Gasteiger partial charge in [-0.2, -0.15) is 13.5 Å². The molecule has 0 saturated carbocycles. The minimum absolute atomic E-state index is 0. The van der Waals surface area contributed by atoms with Crippen LogP contribution in [-0.4, -0.2) is 55.1 Å². The lowest BCUT2D eigenvalue weighted by atomic mass is 10.3. The maximum Gasteiger partial charge on any atom is 0.179 e. The molecular formula is C19H25Cl3N2O5S2. The van der Waals surface area contributed by atoms with Crippen LogP contribution in [0, 0.1) is 0 Å². The average molecular weight is 532 g/mol. The average Bonchev–Trinajstić information content (AvgIpc) is 2.75. The summed E-state index contributed by atoms with van der Waals surface area (Å²) in [5.41, 5.74) is 6.21. The van der Waals surface area contributed by atoms with Gasteiger partial charge in [-0.1, -0.05) is 23.2 Å². The molecule has 2 unspecified atom stereocenters. The molecule has 174 valence electrons. The quantitative estimate of drug-likeness (QED) is 0.216. The van der Waals surface area contributed by atoms with Gasteiger partial charge in [-0.3, -0.25) is 4.31 Å². The van der Waals surface area contributed by atoms with Crippen LogP contribution >= 0.6 is 60.5 Å². The number of aliphatic hydroxyl groups excluding tert-OH is 2. The largest absolute Gasteiger partial charge is 0.491 e. The summed E-state index contributed by atoms with van der Waals surface area (Å²) in [4.78, 5) is 0. The highest BCUT2D eigenvalue weighted by molar-refractivity contribution is 7.96. The molecule has 0 fully saturated rings. The van der Waals surface area contributed by atoms with E-state index in [1.54, 1.807) is 28.6 Å². The molecule has 0 heterocycles. The number of aliphatic hydroxyl groups is 2. The molecule has 2 aromatic rings. The molecule has 2 rings (SSSR count). The third-order valence-electron chi connectivity index (χ3n) is 3.73. The molecule has 2 aromatic carbocycles.